The molecule has 4 heterocycles. The second kappa shape index (κ2) is 7.43. The van der Waals surface area contributed by atoms with Crippen LogP contribution < -0.4 is 0 Å². The standard InChI is InChI=1S/C22H15N5O4S/c28-21(29)9-8-15-13-18-17(19-14-25-27-20(19)7-4-11-24-27)10-12-23-22(18)26(15)32(30,31)16-5-2-1-3-6-16/h1-14H,(H,28,29)/b9-8+. The lowest BCUT2D eigenvalue weighted by Crippen LogP contribution is -2.15. The van der Waals surface area contributed by atoms with Gasteiger partial charge in [-0.3, -0.25) is 0 Å². The highest BCUT2D eigenvalue weighted by Gasteiger charge is 2.25. The van der Waals surface area contributed by atoms with Crippen LogP contribution >= 0.6 is 0 Å². The van der Waals surface area contributed by atoms with Crippen LogP contribution in [0.15, 0.2) is 84.2 Å². The second-order valence-corrected chi connectivity index (χ2v) is 8.66. The molecule has 10 heteroatoms. The molecule has 9 nitrogen and oxygen atoms in total. The molecule has 0 aliphatic heterocycles. The van der Waals surface area contributed by atoms with E-state index in [1.807, 2.05) is 6.07 Å². The van der Waals surface area contributed by atoms with Gasteiger partial charge in [0.2, 0.25) is 0 Å². The quantitative estimate of drug-likeness (QED) is 0.413. The van der Waals surface area contributed by atoms with E-state index in [4.69, 9.17) is 5.11 Å². The molecule has 0 unspecified atom stereocenters. The highest BCUT2D eigenvalue weighted by atomic mass is 32.2. The van der Waals surface area contributed by atoms with Crippen LogP contribution in [0.4, 0.5) is 0 Å². The Morgan fingerprint density at radius 2 is 1.78 bits per heavy atom. The van der Waals surface area contributed by atoms with Gasteiger partial charge in [0.25, 0.3) is 10.0 Å². The maximum Gasteiger partial charge on any atom is 0.328 e. The van der Waals surface area contributed by atoms with E-state index in [9.17, 15) is 13.2 Å². The number of benzene rings is 1. The first kappa shape index (κ1) is 19.6. The highest BCUT2D eigenvalue weighted by molar-refractivity contribution is 7.90. The number of aromatic nitrogens is 5. The minimum Gasteiger partial charge on any atom is -0.478 e. The molecule has 0 radical (unpaired) electrons. The van der Waals surface area contributed by atoms with Crippen molar-refractivity contribution in [2.75, 3.05) is 0 Å². The Bertz CT molecular complexity index is 1620. The Morgan fingerprint density at radius 3 is 2.56 bits per heavy atom. The van der Waals surface area contributed by atoms with E-state index in [1.165, 1.54) is 29.0 Å². The molecule has 0 aliphatic rings. The molecule has 5 rings (SSSR count). The molecule has 0 spiro atoms. The van der Waals surface area contributed by atoms with Gasteiger partial charge >= 0.3 is 5.97 Å². The molecule has 5 aromatic rings. The van der Waals surface area contributed by atoms with Gasteiger partial charge in [0.1, 0.15) is 0 Å². The van der Waals surface area contributed by atoms with E-state index >= 15 is 0 Å². The Morgan fingerprint density at radius 1 is 0.969 bits per heavy atom. The number of hydrogen-bond acceptors (Lipinski definition) is 6. The van der Waals surface area contributed by atoms with Gasteiger partial charge in [-0.15, -0.1) is 0 Å². The van der Waals surface area contributed by atoms with Crippen molar-refractivity contribution in [2.45, 2.75) is 4.90 Å². The lowest BCUT2D eigenvalue weighted by molar-refractivity contribution is -0.131. The maximum absolute atomic E-state index is 13.5. The maximum atomic E-state index is 13.5. The van der Waals surface area contributed by atoms with Gasteiger partial charge in [-0.2, -0.15) is 14.8 Å². The Hall–Kier alpha value is -4.31. The summed E-state index contributed by atoms with van der Waals surface area (Å²) in [7, 11) is -4.05. The van der Waals surface area contributed by atoms with Crippen LogP contribution in [0.5, 0.6) is 0 Å². The molecule has 32 heavy (non-hydrogen) atoms. The molecule has 0 aliphatic carbocycles. The van der Waals surface area contributed by atoms with Crippen molar-refractivity contribution in [3.8, 4) is 11.1 Å². The summed E-state index contributed by atoms with van der Waals surface area (Å²) in [5.41, 5.74) is 2.53. The molecule has 0 saturated heterocycles. The van der Waals surface area contributed by atoms with Gasteiger partial charge in [-0.05, 0) is 48.0 Å². The number of carboxylic acid groups (broad SMARTS) is 1. The summed E-state index contributed by atoms with van der Waals surface area (Å²) in [6.45, 7) is 0. The fraction of sp³-hybridized carbons (Fsp3) is 0. The third-order valence-corrected chi connectivity index (χ3v) is 6.69. The average Bonchev–Trinajstić information content (AvgIpc) is 3.40. The van der Waals surface area contributed by atoms with Crippen LogP contribution in [0.25, 0.3) is 33.8 Å². The largest absolute Gasteiger partial charge is 0.478 e. The molecule has 158 valence electrons. The molecular formula is C22H15N5O4S. The summed E-state index contributed by atoms with van der Waals surface area (Å²) in [4.78, 5) is 15.5. The Balaban J connectivity index is 1.83. The van der Waals surface area contributed by atoms with Crippen molar-refractivity contribution in [3.05, 3.63) is 85.0 Å². The van der Waals surface area contributed by atoms with E-state index in [2.05, 4.69) is 15.2 Å². The van der Waals surface area contributed by atoms with Crippen LogP contribution in [0.3, 0.4) is 0 Å². The molecule has 0 amide bonds. The summed E-state index contributed by atoms with van der Waals surface area (Å²) in [6, 6.07) is 14.9. The zero-order chi connectivity index (χ0) is 22.3. The third kappa shape index (κ3) is 3.13. The zero-order valence-corrected chi connectivity index (χ0v) is 17.2. The number of fused-ring (bicyclic) bond motifs is 2. The third-order valence-electron chi connectivity index (χ3n) is 4.96. The first-order chi connectivity index (χ1) is 15.5. The van der Waals surface area contributed by atoms with Gasteiger partial charge in [0.15, 0.2) is 5.65 Å². The number of aliphatic carboxylic acids is 1. The number of nitrogens with zero attached hydrogens (tertiary/aromatic N) is 5. The molecule has 0 fully saturated rings. The van der Waals surface area contributed by atoms with Gasteiger partial charge in [-0.1, -0.05) is 18.2 Å². The van der Waals surface area contributed by atoms with Gasteiger partial charge < -0.3 is 5.11 Å². The van der Waals surface area contributed by atoms with Crippen molar-refractivity contribution < 1.29 is 18.3 Å². The molecule has 0 atom stereocenters. The van der Waals surface area contributed by atoms with E-state index in [1.54, 1.807) is 48.8 Å². The fourth-order valence-corrected chi connectivity index (χ4v) is 5.07. The van der Waals surface area contributed by atoms with Crippen molar-refractivity contribution in [1.29, 1.82) is 0 Å². The minimum absolute atomic E-state index is 0.0647. The molecule has 1 N–H and O–H groups in total. The molecule has 0 saturated carbocycles. The predicted octanol–water partition coefficient (Wildman–Crippen LogP) is 3.08. The number of pyridine rings is 1. The SMILES string of the molecule is O=C(O)/C=C/c1cc2c(-c3cnn4ncccc34)ccnc2n1S(=O)(=O)c1ccccc1. The second-order valence-electron chi connectivity index (χ2n) is 6.88. The first-order valence-electron chi connectivity index (χ1n) is 9.48. The molecule has 1 aromatic carbocycles. The number of hydrogen-bond donors (Lipinski definition) is 1. The summed E-state index contributed by atoms with van der Waals surface area (Å²) < 4.78 is 29.5. The van der Waals surface area contributed by atoms with E-state index < -0.39 is 16.0 Å². The van der Waals surface area contributed by atoms with E-state index in [0.717, 1.165) is 21.1 Å². The van der Waals surface area contributed by atoms with Gasteiger partial charge in [0, 0.05) is 29.4 Å². The lowest BCUT2D eigenvalue weighted by atomic mass is 10.1. The Kier molecular flexibility index (Phi) is 4.56. The number of carboxylic acids is 1. The van der Waals surface area contributed by atoms with Gasteiger partial charge in [-0.25, -0.2) is 22.2 Å². The Labute approximate surface area is 181 Å². The number of rotatable bonds is 5. The molecule has 4 aromatic heterocycles. The van der Waals surface area contributed by atoms with Gasteiger partial charge in [0.05, 0.1) is 22.3 Å². The summed E-state index contributed by atoms with van der Waals surface area (Å²) in [5, 5.41) is 18.1. The number of carbonyl (C=O) groups is 1. The summed E-state index contributed by atoms with van der Waals surface area (Å²) in [6.07, 6.45) is 6.91. The van der Waals surface area contributed by atoms with Crippen molar-refractivity contribution in [2.24, 2.45) is 0 Å². The van der Waals surface area contributed by atoms with Crippen molar-refractivity contribution >= 4 is 38.6 Å². The fourth-order valence-electron chi connectivity index (χ4n) is 3.59. The molecule has 0 bridgehead atoms. The summed E-state index contributed by atoms with van der Waals surface area (Å²) in [5.74, 6) is -1.19. The minimum atomic E-state index is -4.05. The zero-order valence-electron chi connectivity index (χ0n) is 16.4. The topological polar surface area (TPSA) is 119 Å². The molecular weight excluding hydrogens is 430 g/mol. The predicted molar refractivity (Wildman–Crippen MR) is 117 cm³/mol. The first-order valence-corrected chi connectivity index (χ1v) is 10.9. The van der Waals surface area contributed by atoms with Crippen LogP contribution in [-0.4, -0.2) is 43.3 Å². The van der Waals surface area contributed by atoms with Crippen molar-refractivity contribution in [3.63, 3.8) is 0 Å². The van der Waals surface area contributed by atoms with Crippen LogP contribution in [-0.2, 0) is 14.8 Å². The normalized spacial score (nSPS) is 12.1. The van der Waals surface area contributed by atoms with Crippen LogP contribution in [0.1, 0.15) is 5.69 Å². The smallest absolute Gasteiger partial charge is 0.328 e. The monoisotopic (exact) mass is 445 g/mol. The van der Waals surface area contributed by atoms with Crippen molar-refractivity contribution in [1.82, 2.24) is 23.8 Å². The average molecular weight is 445 g/mol. The lowest BCUT2D eigenvalue weighted by Gasteiger charge is -2.10. The highest BCUT2D eigenvalue weighted by Crippen LogP contribution is 2.34. The van der Waals surface area contributed by atoms with E-state index in [-0.39, 0.29) is 16.2 Å². The van der Waals surface area contributed by atoms with Crippen LogP contribution in [0, 0.1) is 0 Å². The summed E-state index contributed by atoms with van der Waals surface area (Å²) >= 11 is 0. The van der Waals surface area contributed by atoms with Crippen LogP contribution in [0.2, 0.25) is 0 Å². The van der Waals surface area contributed by atoms with E-state index in [0.29, 0.717) is 10.9 Å².